The molecule has 9 heteroatoms. The monoisotopic (exact) mass is 422 g/mol. The van der Waals surface area contributed by atoms with Gasteiger partial charge in [0.05, 0.1) is 0 Å². The summed E-state index contributed by atoms with van der Waals surface area (Å²) < 4.78 is 37.2. The van der Waals surface area contributed by atoms with Crippen LogP contribution in [0.1, 0.15) is 16.2 Å². The highest BCUT2D eigenvalue weighted by molar-refractivity contribution is 6.00. The summed E-state index contributed by atoms with van der Waals surface area (Å²) in [5.41, 5.74) is 1.82. The van der Waals surface area contributed by atoms with Gasteiger partial charge in [-0.25, -0.2) is 8.78 Å². The van der Waals surface area contributed by atoms with E-state index in [1.165, 1.54) is 6.07 Å². The molecule has 0 aliphatic rings. The molecular weight excluding hydrogens is 406 g/mol. The van der Waals surface area contributed by atoms with Crippen LogP contribution in [0.25, 0.3) is 0 Å². The highest BCUT2D eigenvalue weighted by atomic mass is 19.2. The third-order valence-corrected chi connectivity index (χ3v) is 4.16. The van der Waals surface area contributed by atoms with Gasteiger partial charge in [0, 0.05) is 17.4 Å². The van der Waals surface area contributed by atoms with Crippen LogP contribution in [-0.4, -0.2) is 16.1 Å². The highest BCUT2D eigenvalue weighted by Crippen LogP contribution is 2.24. The Morgan fingerprint density at radius 2 is 1.52 bits per heavy atom. The molecule has 7 nitrogen and oxygen atoms in total. The van der Waals surface area contributed by atoms with Gasteiger partial charge in [0.2, 0.25) is 0 Å². The van der Waals surface area contributed by atoms with Crippen LogP contribution in [0.4, 0.5) is 26.2 Å². The maximum Gasteiger partial charge on any atom is 0.320 e. The lowest BCUT2D eigenvalue weighted by atomic mass is 10.2. The molecule has 0 saturated heterocycles. The second kappa shape index (κ2) is 8.62. The predicted molar refractivity (Wildman–Crippen MR) is 110 cm³/mol. The molecule has 4 rings (SSSR count). The number of aromatic nitrogens is 2. The van der Waals surface area contributed by atoms with E-state index in [4.69, 9.17) is 9.15 Å². The number of benzene rings is 3. The van der Waals surface area contributed by atoms with Crippen molar-refractivity contribution >= 4 is 23.3 Å². The van der Waals surface area contributed by atoms with E-state index < -0.39 is 17.5 Å². The van der Waals surface area contributed by atoms with Gasteiger partial charge in [0.15, 0.2) is 11.6 Å². The zero-order valence-corrected chi connectivity index (χ0v) is 16.2. The molecule has 4 aromatic rings. The van der Waals surface area contributed by atoms with Gasteiger partial charge in [-0.15, -0.1) is 5.10 Å². The number of nitrogens with zero attached hydrogens (tertiary/aromatic N) is 2. The second-order valence-corrected chi connectivity index (χ2v) is 6.56. The van der Waals surface area contributed by atoms with Crippen LogP contribution < -0.4 is 15.4 Å². The first-order valence-corrected chi connectivity index (χ1v) is 9.18. The van der Waals surface area contributed by atoms with Gasteiger partial charge in [-0.3, -0.25) is 4.79 Å². The predicted octanol–water partition coefficient (Wildman–Crippen LogP) is 5.44. The molecule has 0 saturated carbocycles. The molecule has 31 heavy (non-hydrogen) atoms. The molecule has 0 unspecified atom stereocenters. The molecule has 0 atom stereocenters. The van der Waals surface area contributed by atoms with Crippen LogP contribution in [0, 0.1) is 18.6 Å². The van der Waals surface area contributed by atoms with Crippen molar-refractivity contribution in [2.75, 3.05) is 10.6 Å². The van der Waals surface area contributed by atoms with Crippen molar-refractivity contribution in [3.63, 3.8) is 0 Å². The number of halogens is 2. The Hall–Kier alpha value is -4.27. The molecule has 3 aromatic carbocycles. The minimum absolute atomic E-state index is 0.141. The number of carbonyl (C=O) groups excluding carboxylic acids is 1. The molecule has 0 aliphatic carbocycles. The summed E-state index contributed by atoms with van der Waals surface area (Å²) >= 11 is 0. The third kappa shape index (κ3) is 5.02. The van der Waals surface area contributed by atoms with Gasteiger partial charge in [0.1, 0.15) is 11.5 Å². The van der Waals surface area contributed by atoms with Crippen LogP contribution in [0.5, 0.6) is 11.5 Å². The number of amides is 1. The number of hydrogen-bond donors (Lipinski definition) is 2. The Labute approximate surface area is 175 Å². The van der Waals surface area contributed by atoms with Gasteiger partial charge < -0.3 is 19.8 Å². The molecule has 0 spiro atoms. The number of carbonyl (C=O) groups is 1. The molecule has 1 aromatic heterocycles. The summed E-state index contributed by atoms with van der Waals surface area (Å²) in [6.07, 6.45) is 0. The van der Waals surface area contributed by atoms with Crippen molar-refractivity contribution in [1.29, 1.82) is 0 Å². The van der Waals surface area contributed by atoms with E-state index in [0.29, 0.717) is 17.2 Å². The maximum absolute atomic E-state index is 13.3. The van der Waals surface area contributed by atoms with Crippen LogP contribution in [0.3, 0.4) is 0 Å². The zero-order valence-electron chi connectivity index (χ0n) is 16.2. The number of rotatable bonds is 6. The SMILES string of the molecule is Cc1ccc(Oc2ccc(NC(=O)c3nnc(Nc4ccc(F)c(F)c4)o3)cc2)cc1. The van der Waals surface area contributed by atoms with Crippen molar-refractivity contribution in [3.05, 3.63) is 89.8 Å². The standard InChI is InChI=1S/C22H16F2N4O3/c1-13-2-7-16(8-3-13)30-17-9-4-14(5-10-17)25-20(29)21-27-28-22(31-21)26-15-6-11-18(23)19(24)12-15/h2-12H,1H3,(H,25,29)(H,26,28). The Morgan fingerprint density at radius 1 is 0.871 bits per heavy atom. The molecular formula is C22H16F2N4O3. The van der Waals surface area contributed by atoms with Crippen molar-refractivity contribution in [1.82, 2.24) is 10.2 Å². The smallest absolute Gasteiger partial charge is 0.320 e. The summed E-state index contributed by atoms with van der Waals surface area (Å²) in [7, 11) is 0. The van der Waals surface area contributed by atoms with Crippen LogP contribution in [0.15, 0.2) is 71.1 Å². The lowest BCUT2D eigenvalue weighted by Gasteiger charge is -2.07. The lowest BCUT2D eigenvalue weighted by Crippen LogP contribution is -2.12. The van der Waals surface area contributed by atoms with E-state index in [0.717, 1.165) is 17.7 Å². The maximum atomic E-state index is 13.3. The van der Waals surface area contributed by atoms with Gasteiger partial charge >= 0.3 is 17.8 Å². The number of hydrogen-bond acceptors (Lipinski definition) is 6. The van der Waals surface area contributed by atoms with E-state index in [2.05, 4.69) is 20.8 Å². The molecule has 0 bridgehead atoms. The van der Waals surface area contributed by atoms with Crippen LogP contribution in [0.2, 0.25) is 0 Å². The fraction of sp³-hybridized carbons (Fsp3) is 0.0455. The average Bonchev–Trinajstić information content (AvgIpc) is 3.22. The van der Waals surface area contributed by atoms with Gasteiger partial charge in [-0.1, -0.05) is 22.8 Å². The Balaban J connectivity index is 1.37. The minimum atomic E-state index is -1.03. The van der Waals surface area contributed by atoms with Crippen molar-refractivity contribution in [2.24, 2.45) is 0 Å². The van der Waals surface area contributed by atoms with Crippen molar-refractivity contribution in [2.45, 2.75) is 6.92 Å². The average molecular weight is 422 g/mol. The number of anilines is 3. The fourth-order valence-electron chi connectivity index (χ4n) is 2.60. The van der Waals surface area contributed by atoms with Crippen molar-refractivity contribution < 1.29 is 22.7 Å². The quantitative estimate of drug-likeness (QED) is 0.430. The van der Waals surface area contributed by atoms with Crippen LogP contribution >= 0.6 is 0 Å². The number of ether oxygens (including phenoxy) is 1. The second-order valence-electron chi connectivity index (χ2n) is 6.56. The highest BCUT2D eigenvalue weighted by Gasteiger charge is 2.16. The first-order valence-electron chi connectivity index (χ1n) is 9.18. The van der Waals surface area contributed by atoms with Gasteiger partial charge in [-0.2, -0.15) is 0 Å². The fourth-order valence-corrected chi connectivity index (χ4v) is 2.60. The molecule has 1 amide bonds. The molecule has 0 fully saturated rings. The first-order chi connectivity index (χ1) is 15.0. The summed E-state index contributed by atoms with van der Waals surface area (Å²) in [5.74, 6) is -1.63. The summed E-state index contributed by atoms with van der Waals surface area (Å²) in [5, 5.41) is 12.5. The zero-order chi connectivity index (χ0) is 21.8. The molecule has 156 valence electrons. The summed E-state index contributed by atoms with van der Waals surface area (Å²) in [6, 6.07) is 17.4. The third-order valence-electron chi connectivity index (χ3n) is 4.16. The van der Waals surface area contributed by atoms with E-state index >= 15 is 0 Å². The number of aryl methyl sites for hydroxylation is 1. The minimum Gasteiger partial charge on any atom is -0.457 e. The van der Waals surface area contributed by atoms with E-state index in [1.807, 2.05) is 31.2 Å². The molecule has 0 aliphatic heterocycles. The molecule has 1 heterocycles. The first kappa shape index (κ1) is 20.0. The van der Waals surface area contributed by atoms with Gasteiger partial charge in [0.25, 0.3) is 0 Å². The summed E-state index contributed by atoms with van der Waals surface area (Å²) in [6.45, 7) is 1.99. The van der Waals surface area contributed by atoms with Crippen molar-refractivity contribution in [3.8, 4) is 11.5 Å². The normalized spacial score (nSPS) is 10.5. The largest absolute Gasteiger partial charge is 0.457 e. The lowest BCUT2D eigenvalue weighted by molar-refractivity contribution is 0.0991. The summed E-state index contributed by atoms with van der Waals surface area (Å²) in [4.78, 5) is 12.3. The Morgan fingerprint density at radius 3 is 2.19 bits per heavy atom. The van der Waals surface area contributed by atoms with E-state index in [9.17, 15) is 13.6 Å². The topological polar surface area (TPSA) is 89.3 Å². The Bertz CT molecular complexity index is 1210. The molecule has 0 radical (unpaired) electrons. The Kier molecular flexibility index (Phi) is 5.57. The molecule has 2 N–H and O–H groups in total. The van der Waals surface area contributed by atoms with E-state index in [1.54, 1.807) is 24.3 Å². The van der Waals surface area contributed by atoms with Gasteiger partial charge in [-0.05, 0) is 55.5 Å². The van der Waals surface area contributed by atoms with Crippen LogP contribution in [-0.2, 0) is 0 Å². The number of nitrogens with one attached hydrogen (secondary N) is 2. The van der Waals surface area contributed by atoms with E-state index in [-0.39, 0.29) is 17.6 Å².